The van der Waals surface area contributed by atoms with E-state index >= 15 is 0 Å². The number of hydrogen-bond donors (Lipinski definition) is 1. The largest absolute Gasteiger partial charge is 0.374 e. The summed E-state index contributed by atoms with van der Waals surface area (Å²) in [5, 5.41) is 3.61. The first-order chi connectivity index (χ1) is 7.39. The van der Waals surface area contributed by atoms with Crippen molar-refractivity contribution >= 4 is 0 Å². The molecule has 3 atom stereocenters. The van der Waals surface area contributed by atoms with Crippen molar-refractivity contribution in [2.45, 2.75) is 72.6 Å². The first kappa shape index (κ1) is 14.0. The molecule has 1 N–H and O–H groups in total. The Balaban J connectivity index is 2.38. The summed E-state index contributed by atoms with van der Waals surface area (Å²) >= 11 is 0. The van der Waals surface area contributed by atoms with E-state index in [4.69, 9.17) is 4.74 Å². The van der Waals surface area contributed by atoms with Gasteiger partial charge in [0, 0.05) is 11.5 Å². The van der Waals surface area contributed by atoms with Gasteiger partial charge in [-0.2, -0.15) is 0 Å². The van der Waals surface area contributed by atoms with Crippen molar-refractivity contribution < 1.29 is 4.74 Å². The molecule has 16 heavy (non-hydrogen) atoms. The third-order valence-corrected chi connectivity index (χ3v) is 4.14. The molecule has 0 amide bonds. The molecule has 1 saturated carbocycles. The first-order valence-corrected chi connectivity index (χ1v) is 6.78. The van der Waals surface area contributed by atoms with Crippen molar-refractivity contribution in [1.29, 1.82) is 0 Å². The van der Waals surface area contributed by atoms with Crippen LogP contribution in [-0.4, -0.2) is 24.8 Å². The molecule has 0 aromatic rings. The predicted molar refractivity (Wildman–Crippen MR) is 69.7 cm³/mol. The lowest BCUT2D eigenvalue weighted by atomic mass is 9.64. The van der Waals surface area contributed by atoms with Crippen LogP contribution in [0.3, 0.4) is 0 Å². The molecular formula is C14H29NO. The van der Waals surface area contributed by atoms with E-state index in [1.807, 2.05) is 0 Å². The van der Waals surface area contributed by atoms with Crippen molar-refractivity contribution in [3.05, 3.63) is 0 Å². The summed E-state index contributed by atoms with van der Waals surface area (Å²) in [5.41, 5.74) is 0.290. The molecule has 0 aliphatic heterocycles. The Morgan fingerprint density at radius 3 is 2.38 bits per heavy atom. The van der Waals surface area contributed by atoms with Crippen molar-refractivity contribution in [2.24, 2.45) is 11.3 Å². The third-order valence-electron chi connectivity index (χ3n) is 4.14. The van der Waals surface area contributed by atoms with E-state index < -0.39 is 0 Å². The van der Waals surface area contributed by atoms with Crippen LogP contribution in [0.2, 0.25) is 0 Å². The Morgan fingerprint density at radius 2 is 1.94 bits per heavy atom. The minimum Gasteiger partial charge on any atom is -0.374 e. The summed E-state index contributed by atoms with van der Waals surface area (Å²) in [6, 6.07) is 0.636. The standard InChI is InChI=1S/C14H29NO/c1-7-8-15-12-9-13(14(12,5)6)16-11(4)10(2)3/h10-13,15H,7-9H2,1-6H3. The second-order valence-electron chi connectivity index (χ2n) is 6.14. The fourth-order valence-electron chi connectivity index (χ4n) is 2.20. The molecule has 0 heterocycles. The zero-order chi connectivity index (χ0) is 12.3. The van der Waals surface area contributed by atoms with Gasteiger partial charge in [-0.3, -0.25) is 0 Å². The summed E-state index contributed by atoms with van der Waals surface area (Å²) < 4.78 is 6.13. The normalized spacial score (nSPS) is 30.2. The van der Waals surface area contributed by atoms with Gasteiger partial charge in [-0.05, 0) is 32.2 Å². The molecule has 0 bridgehead atoms. The van der Waals surface area contributed by atoms with Crippen molar-refractivity contribution in [1.82, 2.24) is 5.32 Å². The summed E-state index contributed by atoms with van der Waals surface area (Å²) in [7, 11) is 0. The van der Waals surface area contributed by atoms with Gasteiger partial charge in [-0.1, -0.05) is 34.6 Å². The lowest BCUT2D eigenvalue weighted by Gasteiger charge is -2.53. The zero-order valence-corrected chi connectivity index (χ0v) is 11.8. The fourth-order valence-corrected chi connectivity index (χ4v) is 2.20. The minimum atomic E-state index is 0.290. The highest BCUT2D eigenvalue weighted by Gasteiger charge is 2.49. The van der Waals surface area contributed by atoms with Crippen LogP contribution in [0, 0.1) is 11.3 Å². The van der Waals surface area contributed by atoms with E-state index in [1.54, 1.807) is 0 Å². The van der Waals surface area contributed by atoms with Crippen LogP contribution in [-0.2, 0) is 4.74 Å². The predicted octanol–water partition coefficient (Wildman–Crippen LogP) is 3.21. The van der Waals surface area contributed by atoms with Gasteiger partial charge in [0.2, 0.25) is 0 Å². The van der Waals surface area contributed by atoms with Gasteiger partial charge in [0.05, 0.1) is 12.2 Å². The Hall–Kier alpha value is -0.0800. The van der Waals surface area contributed by atoms with Gasteiger partial charge >= 0.3 is 0 Å². The van der Waals surface area contributed by atoms with E-state index in [0.717, 1.165) is 6.54 Å². The molecule has 1 rings (SSSR count). The van der Waals surface area contributed by atoms with Crippen LogP contribution in [0.4, 0.5) is 0 Å². The lowest BCUT2D eigenvalue weighted by molar-refractivity contribution is -0.152. The molecule has 96 valence electrons. The first-order valence-electron chi connectivity index (χ1n) is 6.78. The monoisotopic (exact) mass is 227 g/mol. The molecule has 1 aliphatic carbocycles. The number of rotatable bonds is 6. The fraction of sp³-hybridized carbons (Fsp3) is 1.00. The van der Waals surface area contributed by atoms with Crippen molar-refractivity contribution in [3.8, 4) is 0 Å². The highest BCUT2D eigenvalue weighted by molar-refractivity contribution is 5.03. The van der Waals surface area contributed by atoms with Crippen LogP contribution < -0.4 is 5.32 Å². The molecular weight excluding hydrogens is 198 g/mol. The van der Waals surface area contributed by atoms with E-state index in [9.17, 15) is 0 Å². The molecule has 1 fully saturated rings. The highest BCUT2D eigenvalue weighted by Crippen LogP contribution is 2.43. The highest BCUT2D eigenvalue weighted by atomic mass is 16.5. The van der Waals surface area contributed by atoms with Crippen molar-refractivity contribution in [3.63, 3.8) is 0 Å². The molecule has 2 heteroatoms. The van der Waals surface area contributed by atoms with Gasteiger partial charge in [-0.15, -0.1) is 0 Å². The van der Waals surface area contributed by atoms with E-state index in [1.165, 1.54) is 12.8 Å². The van der Waals surface area contributed by atoms with Crippen molar-refractivity contribution in [2.75, 3.05) is 6.54 Å². The van der Waals surface area contributed by atoms with Gasteiger partial charge < -0.3 is 10.1 Å². The third kappa shape index (κ3) is 2.98. The Kier molecular flexibility index (Phi) is 4.81. The number of nitrogens with one attached hydrogen (secondary N) is 1. The summed E-state index contributed by atoms with van der Waals surface area (Å²) in [4.78, 5) is 0. The molecule has 0 aromatic heterocycles. The number of hydrogen-bond acceptors (Lipinski definition) is 2. The molecule has 1 aliphatic rings. The average molecular weight is 227 g/mol. The second kappa shape index (κ2) is 5.50. The smallest absolute Gasteiger partial charge is 0.0659 e. The Bertz CT molecular complexity index is 213. The maximum absolute atomic E-state index is 6.13. The van der Waals surface area contributed by atoms with Crippen LogP contribution in [0.15, 0.2) is 0 Å². The molecule has 3 unspecified atom stereocenters. The Morgan fingerprint density at radius 1 is 1.31 bits per heavy atom. The topological polar surface area (TPSA) is 21.3 Å². The number of ether oxygens (including phenoxy) is 1. The van der Waals surface area contributed by atoms with Crippen LogP contribution in [0.1, 0.15) is 54.4 Å². The summed E-state index contributed by atoms with van der Waals surface area (Å²) in [6.45, 7) is 14.6. The van der Waals surface area contributed by atoms with Gasteiger partial charge in [0.15, 0.2) is 0 Å². The van der Waals surface area contributed by atoms with Gasteiger partial charge in [-0.25, -0.2) is 0 Å². The molecule has 2 nitrogen and oxygen atoms in total. The summed E-state index contributed by atoms with van der Waals surface area (Å²) in [6.07, 6.45) is 3.18. The SMILES string of the molecule is CCCNC1CC(OC(C)C(C)C)C1(C)C. The average Bonchev–Trinajstić information content (AvgIpc) is 2.21. The molecule has 0 spiro atoms. The maximum Gasteiger partial charge on any atom is 0.0659 e. The molecule has 0 aromatic carbocycles. The van der Waals surface area contributed by atoms with Crippen LogP contribution >= 0.6 is 0 Å². The summed E-state index contributed by atoms with van der Waals surface area (Å²) in [5.74, 6) is 0.610. The van der Waals surface area contributed by atoms with Crippen LogP contribution in [0.5, 0.6) is 0 Å². The van der Waals surface area contributed by atoms with Gasteiger partial charge in [0.1, 0.15) is 0 Å². The van der Waals surface area contributed by atoms with E-state index in [0.29, 0.717) is 24.2 Å². The Labute approximate surface area is 101 Å². The van der Waals surface area contributed by atoms with Gasteiger partial charge in [0.25, 0.3) is 0 Å². The minimum absolute atomic E-state index is 0.290. The molecule has 0 radical (unpaired) electrons. The second-order valence-corrected chi connectivity index (χ2v) is 6.14. The quantitative estimate of drug-likeness (QED) is 0.752. The maximum atomic E-state index is 6.13. The molecule has 0 saturated heterocycles. The zero-order valence-electron chi connectivity index (χ0n) is 11.8. The van der Waals surface area contributed by atoms with E-state index in [2.05, 4.69) is 46.9 Å². The van der Waals surface area contributed by atoms with E-state index in [-0.39, 0.29) is 5.41 Å². The lowest BCUT2D eigenvalue weighted by Crippen LogP contribution is -2.61. The van der Waals surface area contributed by atoms with Crippen LogP contribution in [0.25, 0.3) is 0 Å².